The van der Waals surface area contributed by atoms with E-state index in [4.69, 9.17) is 0 Å². The minimum absolute atomic E-state index is 0.411. The Morgan fingerprint density at radius 1 is 0.164 bits per heavy atom. The molecule has 11 aromatic rings. The molecule has 5 aliphatic carbocycles. The first-order chi connectivity index (χ1) is 33.2. The highest BCUT2D eigenvalue weighted by atomic mass is 14.6. The van der Waals surface area contributed by atoms with Gasteiger partial charge in [-0.2, -0.15) is 0 Å². The van der Waals surface area contributed by atoms with Gasteiger partial charge in [-0.05, 0) is 157 Å². The number of rotatable bonds is 2. The lowest BCUT2D eigenvalue weighted by molar-refractivity contribution is 0.758. The minimum atomic E-state index is -0.633. The number of fused-ring (bicyclic) bond motifs is 24. The Kier molecular flexibility index (Phi) is 6.72. The van der Waals surface area contributed by atoms with Crippen LogP contribution in [0.1, 0.15) is 66.8 Å². The molecule has 0 saturated heterocycles. The molecule has 2 spiro atoms. The van der Waals surface area contributed by atoms with E-state index >= 15 is 0 Å². The molecule has 0 heteroatoms. The maximum absolute atomic E-state index is 2.60. The zero-order valence-corrected chi connectivity index (χ0v) is 36.6. The predicted molar refractivity (Wildman–Crippen MR) is 274 cm³/mol. The average Bonchev–Trinajstić information content (AvgIpc) is 4.14. The van der Waals surface area contributed by atoms with Crippen molar-refractivity contribution in [2.45, 2.75) is 16.2 Å². The second-order valence-electron chi connectivity index (χ2n) is 19.3. The molecule has 0 bridgehead atoms. The quantitative estimate of drug-likeness (QED) is 0.163. The molecule has 0 atom stereocenters. The number of benzene rings is 11. The van der Waals surface area contributed by atoms with Crippen molar-refractivity contribution in [3.63, 3.8) is 0 Å². The second-order valence-corrected chi connectivity index (χ2v) is 19.3. The van der Waals surface area contributed by atoms with E-state index in [2.05, 4.69) is 243 Å². The average molecular weight is 845 g/mol. The van der Waals surface area contributed by atoms with Crippen LogP contribution in [0.2, 0.25) is 0 Å². The molecule has 0 unspecified atom stereocenters. The SMILES string of the molecule is c1ccc2c(c1)-c1cc3ccccc3cc1C2(c1ccc2c(c1)-c1ccccc1C21c2ccccc2-c2ccccc21)c1ccc2c(c1)-c1ccccc1C21c2ccccc2-c2ccccc21. The minimum Gasteiger partial charge on any atom is -0.0619 e. The maximum atomic E-state index is 2.60. The van der Waals surface area contributed by atoms with Gasteiger partial charge in [0, 0.05) is 0 Å². The fraction of sp³-hybridized carbons (Fsp3) is 0.0448. The molecule has 0 amide bonds. The summed E-state index contributed by atoms with van der Waals surface area (Å²) in [6.07, 6.45) is 0. The first-order valence-corrected chi connectivity index (χ1v) is 23.7. The van der Waals surface area contributed by atoms with Crippen molar-refractivity contribution < 1.29 is 0 Å². The van der Waals surface area contributed by atoms with Crippen molar-refractivity contribution in [3.05, 3.63) is 309 Å². The second kappa shape index (κ2) is 12.5. The molecule has 67 heavy (non-hydrogen) atoms. The summed E-state index contributed by atoms with van der Waals surface area (Å²) >= 11 is 0. The molecule has 0 radical (unpaired) electrons. The van der Waals surface area contributed by atoms with Crippen molar-refractivity contribution >= 4 is 10.8 Å². The van der Waals surface area contributed by atoms with Crippen molar-refractivity contribution in [3.8, 4) is 55.6 Å². The Balaban J connectivity index is 1.02. The number of hydrogen-bond donors (Lipinski definition) is 0. The first-order valence-electron chi connectivity index (χ1n) is 23.7. The molecule has 0 N–H and O–H groups in total. The van der Waals surface area contributed by atoms with Crippen LogP contribution in [0.5, 0.6) is 0 Å². The molecule has 0 saturated carbocycles. The summed E-state index contributed by atoms with van der Waals surface area (Å²) in [7, 11) is 0. The van der Waals surface area contributed by atoms with Gasteiger partial charge >= 0.3 is 0 Å². The van der Waals surface area contributed by atoms with Crippen LogP contribution in [0.3, 0.4) is 0 Å². The largest absolute Gasteiger partial charge is 0.0725 e. The van der Waals surface area contributed by atoms with Crippen LogP contribution in [0.4, 0.5) is 0 Å². The van der Waals surface area contributed by atoms with Gasteiger partial charge in [0.05, 0.1) is 16.2 Å². The summed E-state index contributed by atoms with van der Waals surface area (Å²) in [5, 5.41) is 2.52. The lowest BCUT2D eigenvalue weighted by Crippen LogP contribution is -2.30. The molecule has 0 fully saturated rings. The van der Waals surface area contributed by atoms with E-state index in [1.54, 1.807) is 0 Å². The van der Waals surface area contributed by atoms with E-state index in [-0.39, 0.29) is 0 Å². The third-order valence-corrected chi connectivity index (χ3v) is 16.8. The van der Waals surface area contributed by atoms with Crippen LogP contribution in [-0.4, -0.2) is 0 Å². The summed E-state index contributed by atoms with van der Waals surface area (Å²) in [6.45, 7) is 0. The molecule has 0 heterocycles. The molecule has 5 aliphatic rings. The Hall–Kier alpha value is -8.32. The highest BCUT2D eigenvalue weighted by Crippen LogP contribution is 2.67. The molecule has 0 aromatic heterocycles. The molecule has 0 nitrogen and oxygen atoms in total. The third-order valence-electron chi connectivity index (χ3n) is 16.8. The van der Waals surface area contributed by atoms with Gasteiger partial charge < -0.3 is 0 Å². The highest BCUT2D eigenvalue weighted by molar-refractivity contribution is 6.00. The summed E-state index contributed by atoms with van der Waals surface area (Å²) in [5.41, 5.74) is 27.9. The van der Waals surface area contributed by atoms with Crippen molar-refractivity contribution in [2.75, 3.05) is 0 Å². The Morgan fingerprint density at radius 3 is 0.776 bits per heavy atom. The van der Waals surface area contributed by atoms with Crippen LogP contribution in [0, 0.1) is 0 Å². The van der Waals surface area contributed by atoms with Gasteiger partial charge in [0.15, 0.2) is 0 Å². The molecular formula is C67H40. The van der Waals surface area contributed by atoms with Gasteiger partial charge in [-0.1, -0.05) is 218 Å². The van der Waals surface area contributed by atoms with Crippen molar-refractivity contribution in [2.24, 2.45) is 0 Å². The van der Waals surface area contributed by atoms with Crippen LogP contribution in [0.25, 0.3) is 66.4 Å². The van der Waals surface area contributed by atoms with Crippen molar-refractivity contribution in [1.29, 1.82) is 0 Å². The molecular weight excluding hydrogens is 805 g/mol. The zero-order chi connectivity index (χ0) is 43.6. The third kappa shape index (κ3) is 4.07. The fourth-order valence-electron chi connectivity index (χ4n) is 14.4. The summed E-state index contributed by atoms with van der Waals surface area (Å²) < 4.78 is 0. The monoisotopic (exact) mass is 844 g/mol. The maximum Gasteiger partial charge on any atom is 0.0725 e. The van der Waals surface area contributed by atoms with Gasteiger partial charge in [-0.3, -0.25) is 0 Å². The van der Waals surface area contributed by atoms with Gasteiger partial charge in [-0.25, -0.2) is 0 Å². The first kappa shape index (κ1) is 36.0. The van der Waals surface area contributed by atoms with Gasteiger partial charge in [0.25, 0.3) is 0 Å². The van der Waals surface area contributed by atoms with E-state index in [1.165, 1.54) is 133 Å². The van der Waals surface area contributed by atoms with Crippen molar-refractivity contribution in [1.82, 2.24) is 0 Å². The van der Waals surface area contributed by atoms with Gasteiger partial charge in [-0.15, -0.1) is 0 Å². The molecule has 0 aliphatic heterocycles. The predicted octanol–water partition coefficient (Wildman–Crippen LogP) is 15.9. The summed E-state index contributed by atoms with van der Waals surface area (Å²) in [6, 6.07) is 93.3. The lowest BCUT2D eigenvalue weighted by atomic mass is 9.65. The summed E-state index contributed by atoms with van der Waals surface area (Å²) in [4.78, 5) is 0. The zero-order valence-electron chi connectivity index (χ0n) is 36.6. The van der Waals surface area contributed by atoms with E-state index in [9.17, 15) is 0 Å². The van der Waals surface area contributed by atoms with Gasteiger partial charge in [0.1, 0.15) is 0 Å². The highest BCUT2D eigenvalue weighted by Gasteiger charge is 2.55. The molecule has 11 aromatic carbocycles. The van der Waals surface area contributed by atoms with Crippen LogP contribution in [0.15, 0.2) is 243 Å². The summed E-state index contributed by atoms with van der Waals surface area (Å²) in [5.74, 6) is 0. The molecule has 16 rings (SSSR count). The smallest absolute Gasteiger partial charge is 0.0619 e. The Labute approximate surface area is 390 Å². The topological polar surface area (TPSA) is 0 Å². The lowest BCUT2D eigenvalue weighted by Gasteiger charge is -2.36. The van der Waals surface area contributed by atoms with E-state index in [0.29, 0.717) is 0 Å². The Bertz CT molecular complexity index is 3720. The number of hydrogen-bond acceptors (Lipinski definition) is 0. The van der Waals surface area contributed by atoms with Gasteiger partial charge in [0.2, 0.25) is 0 Å². The standard InChI is InChI=1S/C67H40/c1-2-18-42-38-64-52(37-41(42)17-1)49-23-7-10-26-55(49)65(64,43-33-35-62-53(39-43)50-24-8-15-31-60(50)66(62)56-27-11-3-19-45(56)46-20-4-12-28-57(46)66)44-34-36-63-54(40-44)51-25-9-16-32-61(51)67(63)58-29-13-5-21-47(58)48-22-6-14-30-59(48)67/h1-40H. The van der Waals surface area contributed by atoms with E-state index < -0.39 is 16.2 Å². The van der Waals surface area contributed by atoms with E-state index in [1.807, 2.05) is 0 Å². The molecule has 308 valence electrons. The van der Waals surface area contributed by atoms with Crippen LogP contribution in [-0.2, 0) is 16.2 Å². The Morgan fingerprint density at radius 2 is 0.418 bits per heavy atom. The normalized spacial score (nSPS) is 15.5. The van der Waals surface area contributed by atoms with Crippen LogP contribution >= 0.6 is 0 Å². The fourth-order valence-corrected chi connectivity index (χ4v) is 14.4. The van der Waals surface area contributed by atoms with E-state index in [0.717, 1.165) is 0 Å². The van der Waals surface area contributed by atoms with Crippen LogP contribution < -0.4 is 0 Å².